The molecule has 1 rings (SSSR count). The van der Waals surface area contributed by atoms with Gasteiger partial charge >= 0.3 is 0 Å². The van der Waals surface area contributed by atoms with Crippen LogP contribution in [0.2, 0.25) is 0 Å². The third-order valence-electron chi connectivity index (χ3n) is 2.95. The van der Waals surface area contributed by atoms with Crippen molar-refractivity contribution in [1.82, 2.24) is 4.90 Å². The van der Waals surface area contributed by atoms with Gasteiger partial charge in [-0.1, -0.05) is 13.8 Å². The first kappa shape index (κ1) is 11.5. The highest BCUT2D eigenvalue weighted by Gasteiger charge is 2.27. The van der Waals surface area contributed by atoms with Crippen LogP contribution in [0.1, 0.15) is 27.2 Å². The summed E-state index contributed by atoms with van der Waals surface area (Å²) in [5, 5.41) is 0. The number of likely N-dealkylation sites (tertiary alicyclic amines) is 1. The molecule has 3 nitrogen and oxygen atoms in total. The minimum atomic E-state index is 0.148. The van der Waals surface area contributed by atoms with Crippen molar-refractivity contribution in [3.8, 4) is 0 Å². The van der Waals surface area contributed by atoms with E-state index < -0.39 is 0 Å². The van der Waals surface area contributed by atoms with Crippen LogP contribution in [0, 0.1) is 11.8 Å². The number of carbonyl (C=O) groups is 1. The summed E-state index contributed by atoms with van der Waals surface area (Å²) in [5.41, 5.74) is 0. The van der Waals surface area contributed by atoms with E-state index in [1.807, 2.05) is 11.8 Å². The fourth-order valence-corrected chi connectivity index (χ4v) is 1.84. The fraction of sp³-hybridized carbons (Fsp3) is 0.909. The Hall–Kier alpha value is -0.570. The van der Waals surface area contributed by atoms with Crippen molar-refractivity contribution in [2.24, 2.45) is 11.8 Å². The topological polar surface area (TPSA) is 29.5 Å². The number of hydrogen-bond donors (Lipinski definition) is 0. The van der Waals surface area contributed by atoms with E-state index in [2.05, 4.69) is 13.8 Å². The van der Waals surface area contributed by atoms with Crippen LogP contribution in [-0.4, -0.2) is 37.1 Å². The monoisotopic (exact) mass is 199 g/mol. The lowest BCUT2D eigenvalue weighted by Crippen LogP contribution is -2.32. The summed E-state index contributed by atoms with van der Waals surface area (Å²) in [6.45, 7) is 9.06. The molecule has 82 valence electrons. The van der Waals surface area contributed by atoms with Crippen LogP contribution in [0.15, 0.2) is 0 Å². The third-order valence-corrected chi connectivity index (χ3v) is 2.95. The zero-order valence-corrected chi connectivity index (χ0v) is 9.45. The van der Waals surface area contributed by atoms with Gasteiger partial charge in [-0.05, 0) is 25.2 Å². The van der Waals surface area contributed by atoms with E-state index >= 15 is 0 Å². The van der Waals surface area contributed by atoms with Gasteiger partial charge in [0.1, 0.15) is 6.61 Å². The molecule has 1 saturated heterocycles. The van der Waals surface area contributed by atoms with Crippen LogP contribution in [0.4, 0.5) is 0 Å². The molecular formula is C11H21NO2. The maximum atomic E-state index is 11.6. The Kier molecular flexibility index (Phi) is 4.39. The molecule has 0 N–H and O–H groups in total. The van der Waals surface area contributed by atoms with Crippen molar-refractivity contribution >= 4 is 5.91 Å². The number of nitrogens with zero attached hydrogens (tertiary/aromatic N) is 1. The average molecular weight is 199 g/mol. The van der Waals surface area contributed by atoms with Gasteiger partial charge in [0.2, 0.25) is 5.91 Å². The number of carbonyl (C=O) groups excluding carboxylic acids is 1. The Morgan fingerprint density at radius 1 is 1.57 bits per heavy atom. The number of ether oxygens (including phenoxy) is 1. The van der Waals surface area contributed by atoms with E-state index in [4.69, 9.17) is 4.74 Å². The van der Waals surface area contributed by atoms with Crippen molar-refractivity contribution < 1.29 is 9.53 Å². The highest BCUT2D eigenvalue weighted by molar-refractivity contribution is 5.77. The van der Waals surface area contributed by atoms with Gasteiger partial charge in [0.25, 0.3) is 0 Å². The van der Waals surface area contributed by atoms with Gasteiger partial charge in [-0.3, -0.25) is 4.79 Å². The molecule has 1 unspecified atom stereocenters. The predicted octanol–water partition coefficient (Wildman–Crippen LogP) is 1.53. The maximum Gasteiger partial charge on any atom is 0.248 e. The van der Waals surface area contributed by atoms with Crippen molar-refractivity contribution in [3.05, 3.63) is 0 Å². The Bertz CT molecular complexity index is 192. The molecule has 1 atom stereocenters. The molecule has 0 spiro atoms. The zero-order valence-electron chi connectivity index (χ0n) is 9.45. The van der Waals surface area contributed by atoms with Gasteiger partial charge < -0.3 is 9.64 Å². The Morgan fingerprint density at radius 3 is 2.79 bits per heavy atom. The first-order valence-electron chi connectivity index (χ1n) is 5.50. The standard InChI is InChI=1S/C11H21NO2/c1-4-14-8-11(13)12-6-5-10(7-12)9(2)3/h9-10H,4-8H2,1-3H3. The Balaban J connectivity index is 2.30. The summed E-state index contributed by atoms with van der Waals surface area (Å²) < 4.78 is 5.11. The van der Waals surface area contributed by atoms with E-state index in [1.54, 1.807) is 0 Å². The number of amides is 1. The molecule has 1 fully saturated rings. The van der Waals surface area contributed by atoms with E-state index in [1.165, 1.54) is 0 Å². The lowest BCUT2D eigenvalue weighted by Gasteiger charge is -2.17. The molecule has 0 radical (unpaired) electrons. The van der Waals surface area contributed by atoms with Crippen LogP contribution < -0.4 is 0 Å². The van der Waals surface area contributed by atoms with Crippen molar-refractivity contribution in [2.75, 3.05) is 26.3 Å². The largest absolute Gasteiger partial charge is 0.372 e. The van der Waals surface area contributed by atoms with Crippen molar-refractivity contribution in [2.45, 2.75) is 27.2 Å². The number of hydrogen-bond acceptors (Lipinski definition) is 2. The van der Waals surface area contributed by atoms with Gasteiger partial charge in [-0.15, -0.1) is 0 Å². The average Bonchev–Trinajstić information content (AvgIpc) is 2.62. The molecule has 0 aromatic heterocycles. The van der Waals surface area contributed by atoms with Crippen LogP contribution in [0.25, 0.3) is 0 Å². The summed E-state index contributed by atoms with van der Waals surface area (Å²) >= 11 is 0. The minimum Gasteiger partial charge on any atom is -0.372 e. The second kappa shape index (κ2) is 5.35. The molecule has 0 aliphatic carbocycles. The molecule has 0 aromatic carbocycles. The maximum absolute atomic E-state index is 11.6. The highest BCUT2D eigenvalue weighted by Crippen LogP contribution is 2.23. The lowest BCUT2D eigenvalue weighted by atomic mass is 9.95. The third kappa shape index (κ3) is 2.98. The molecule has 14 heavy (non-hydrogen) atoms. The SMILES string of the molecule is CCOCC(=O)N1CCC(C(C)C)C1. The first-order valence-corrected chi connectivity index (χ1v) is 5.50. The van der Waals surface area contributed by atoms with Crippen LogP contribution >= 0.6 is 0 Å². The molecular weight excluding hydrogens is 178 g/mol. The van der Waals surface area contributed by atoms with Crippen molar-refractivity contribution in [1.29, 1.82) is 0 Å². The first-order chi connectivity index (χ1) is 6.65. The predicted molar refractivity (Wildman–Crippen MR) is 56.0 cm³/mol. The van der Waals surface area contributed by atoms with E-state index in [0.717, 1.165) is 19.5 Å². The summed E-state index contributed by atoms with van der Waals surface area (Å²) in [4.78, 5) is 13.5. The Morgan fingerprint density at radius 2 is 2.29 bits per heavy atom. The van der Waals surface area contributed by atoms with E-state index in [9.17, 15) is 4.79 Å². The molecule has 1 aliphatic heterocycles. The summed E-state index contributed by atoms with van der Waals surface area (Å²) in [6.07, 6.45) is 1.15. The van der Waals surface area contributed by atoms with Gasteiger partial charge in [0.15, 0.2) is 0 Å². The second-order valence-corrected chi connectivity index (χ2v) is 4.27. The van der Waals surface area contributed by atoms with E-state index in [-0.39, 0.29) is 12.5 Å². The van der Waals surface area contributed by atoms with Gasteiger partial charge in [-0.2, -0.15) is 0 Å². The lowest BCUT2D eigenvalue weighted by molar-refractivity contribution is -0.135. The molecule has 1 heterocycles. The van der Waals surface area contributed by atoms with Crippen molar-refractivity contribution in [3.63, 3.8) is 0 Å². The molecule has 1 amide bonds. The Labute approximate surface area is 86.4 Å². The minimum absolute atomic E-state index is 0.148. The van der Waals surface area contributed by atoms with Gasteiger partial charge in [0.05, 0.1) is 0 Å². The van der Waals surface area contributed by atoms with E-state index in [0.29, 0.717) is 18.4 Å². The molecule has 1 aliphatic rings. The molecule has 0 saturated carbocycles. The molecule has 3 heteroatoms. The normalized spacial score (nSPS) is 22.0. The highest BCUT2D eigenvalue weighted by atomic mass is 16.5. The summed E-state index contributed by atoms with van der Waals surface area (Å²) in [7, 11) is 0. The smallest absolute Gasteiger partial charge is 0.248 e. The molecule has 0 bridgehead atoms. The number of rotatable bonds is 4. The van der Waals surface area contributed by atoms with Crippen LogP contribution in [-0.2, 0) is 9.53 Å². The van der Waals surface area contributed by atoms with Gasteiger partial charge in [-0.25, -0.2) is 0 Å². The fourth-order valence-electron chi connectivity index (χ4n) is 1.84. The van der Waals surface area contributed by atoms with Crippen LogP contribution in [0.5, 0.6) is 0 Å². The van der Waals surface area contributed by atoms with Gasteiger partial charge in [0, 0.05) is 19.7 Å². The quantitative estimate of drug-likeness (QED) is 0.687. The van der Waals surface area contributed by atoms with Crippen LogP contribution in [0.3, 0.4) is 0 Å². The molecule has 0 aromatic rings. The second-order valence-electron chi connectivity index (χ2n) is 4.27. The summed E-state index contributed by atoms with van der Waals surface area (Å²) in [6, 6.07) is 0. The zero-order chi connectivity index (χ0) is 10.6. The summed E-state index contributed by atoms with van der Waals surface area (Å²) in [5.74, 6) is 1.51.